The summed E-state index contributed by atoms with van der Waals surface area (Å²) in [5, 5.41) is 7.89. The van der Waals surface area contributed by atoms with Crippen LogP contribution >= 0.6 is 0 Å². The first-order valence-corrected chi connectivity index (χ1v) is 4.40. The third kappa shape index (κ3) is 18.2. The number of carboxylic acid groups (broad SMARTS) is 1. The van der Waals surface area contributed by atoms with Gasteiger partial charge in [0.15, 0.2) is 0 Å². The zero-order chi connectivity index (χ0) is 10.7. The van der Waals surface area contributed by atoms with E-state index in [2.05, 4.69) is 31.3 Å². The maximum atomic E-state index is 9.60. The van der Waals surface area contributed by atoms with E-state index in [4.69, 9.17) is 5.11 Å². The van der Waals surface area contributed by atoms with E-state index in [0.717, 1.165) is 13.1 Å². The Hall–Kier alpha value is -0.870. The monoisotopic (exact) mass is 188 g/mol. The molecular formula is C9H20N2O2. The highest BCUT2D eigenvalue weighted by molar-refractivity contribution is 5.84. The molecule has 0 amide bonds. The molecule has 0 aliphatic carbocycles. The lowest BCUT2D eigenvalue weighted by molar-refractivity contribution is -0.132. The third-order valence-corrected chi connectivity index (χ3v) is 1.04. The fraction of sp³-hybridized carbons (Fsp3) is 0.667. The lowest BCUT2D eigenvalue weighted by atomic mass is 10.4. The molecule has 0 bridgehead atoms. The molecule has 78 valence electrons. The highest BCUT2D eigenvalue weighted by Crippen LogP contribution is 1.81. The number of carbonyl (C=O) groups is 1. The van der Waals surface area contributed by atoms with Crippen molar-refractivity contribution in [3.63, 3.8) is 0 Å². The van der Waals surface area contributed by atoms with E-state index in [9.17, 15) is 4.79 Å². The number of hydrogen-bond acceptors (Lipinski definition) is 3. The van der Waals surface area contributed by atoms with Crippen molar-refractivity contribution in [3.05, 3.63) is 12.2 Å². The fourth-order valence-electron chi connectivity index (χ4n) is 0.338. The zero-order valence-corrected chi connectivity index (χ0v) is 8.68. The molecule has 0 spiro atoms. The maximum Gasteiger partial charge on any atom is 0.330 e. The molecule has 0 aliphatic rings. The van der Waals surface area contributed by atoms with E-state index in [1.165, 1.54) is 13.3 Å². The SMILES string of the molecule is C=C(C)C(=O)O.CCCNNCC. The standard InChI is InChI=1S/C5H14N2.C4H6O2/c1-3-5-7-6-4-2;1-3(2)4(5)6/h6-7H,3-5H2,1-2H3;1H2,2H3,(H,5,6). The Labute approximate surface area is 80.0 Å². The largest absolute Gasteiger partial charge is 0.478 e. The summed E-state index contributed by atoms with van der Waals surface area (Å²) >= 11 is 0. The van der Waals surface area contributed by atoms with Gasteiger partial charge in [0.2, 0.25) is 0 Å². The molecule has 0 unspecified atom stereocenters. The molecular weight excluding hydrogens is 168 g/mol. The van der Waals surface area contributed by atoms with Crippen molar-refractivity contribution in [1.29, 1.82) is 0 Å². The van der Waals surface area contributed by atoms with E-state index in [-0.39, 0.29) is 5.57 Å². The Morgan fingerprint density at radius 2 is 1.85 bits per heavy atom. The minimum absolute atomic E-state index is 0.176. The van der Waals surface area contributed by atoms with Crippen LogP contribution in [0.2, 0.25) is 0 Å². The Morgan fingerprint density at radius 3 is 2.08 bits per heavy atom. The van der Waals surface area contributed by atoms with Crippen molar-refractivity contribution in [2.45, 2.75) is 27.2 Å². The summed E-state index contributed by atoms with van der Waals surface area (Å²) in [7, 11) is 0. The van der Waals surface area contributed by atoms with E-state index in [0.29, 0.717) is 0 Å². The molecule has 0 rings (SSSR count). The van der Waals surface area contributed by atoms with Crippen molar-refractivity contribution >= 4 is 5.97 Å². The fourth-order valence-corrected chi connectivity index (χ4v) is 0.338. The summed E-state index contributed by atoms with van der Waals surface area (Å²) in [4.78, 5) is 9.60. The van der Waals surface area contributed by atoms with E-state index in [1.807, 2.05) is 0 Å². The second-order valence-corrected chi connectivity index (χ2v) is 2.54. The molecule has 0 aliphatic heterocycles. The third-order valence-electron chi connectivity index (χ3n) is 1.04. The van der Waals surface area contributed by atoms with Crippen molar-refractivity contribution in [1.82, 2.24) is 10.9 Å². The van der Waals surface area contributed by atoms with Crippen LogP contribution in [-0.2, 0) is 4.79 Å². The van der Waals surface area contributed by atoms with Crippen LogP contribution in [0.1, 0.15) is 27.2 Å². The van der Waals surface area contributed by atoms with Crippen LogP contribution in [0.4, 0.5) is 0 Å². The van der Waals surface area contributed by atoms with Gasteiger partial charge in [0, 0.05) is 18.7 Å². The molecule has 3 N–H and O–H groups in total. The van der Waals surface area contributed by atoms with Gasteiger partial charge in [-0.3, -0.25) is 10.9 Å². The number of hydrogen-bond donors (Lipinski definition) is 3. The smallest absolute Gasteiger partial charge is 0.330 e. The number of hydrazine groups is 1. The molecule has 4 nitrogen and oxygen atoms in total. The summed E-state index contributed by atoms with van der Waals surface area (Å²) in [6, 6.07) is 0. The van der Waals surface area contributed by atoms with Crippen LogP contribution in [0.5, 0.6) is 0 Å². The van der Waals surface area contributed by atoms with Gasteiger partial charge >= 0.3 is 5.97 Å². The van der Waals surface area contributed by atoms with Crippen molar-refractivity contribution < 1.29 is 9.90 Å². The molecule has 0 aromatic rings. The summed E-state index contributed by atoms with van der Waals surface area (Å²) < 4.78 is 0. The van der Waals surface area contributed by atoms with Crippen molar-refractivity contribution in [3.8, 4) is 0 Å². The summed E-state index contributed by atoms with van der Waals surface area (Å²) in [5.74, 6) is -0.935. The Morgan fingerprint density at radius 1 is 1.38 bits per heavy atom. The average molecular weight is 188 g/mol. The maximum absolute atomic E-state index is 9.60. The van der Waals surface area contributed by atoms with Crippen molar-refractivity contribution in [2.24, 2.45) is 0 Å². The molecule has 0 saturated heterocycles. The minimum Gasteiger partial charge on any atom is -0.478 e. The summed E-state index contributed by atoms with van der Waals surface area (Å²) in [6.07, 6.45) is 1.19. The molecule has 0 aromatic heterocycles. The van der Waals surface area contributed by atoms with Crippen LogP contribution in [0, 0.1) is 0 Å². The van der Waals surface area contributed by atoms with Gasteiger partial charge in [-0.05, 0) is 13.3 Å². The predicted octanol–water partition coefficient (Wildman–Crippen LogP) is 1.16. The Balaban J connectivity index is 0. The van der Waals surface area contributed by atoms with Crippen molar-refractivity contribution in [2.75, 3.05) is 13.1 Å². The minimum atomic E-state index is -0.935. The van der Waals surface area contributed by atoms with Gasteiger partial charge in [-0.2, -0.15) is 0 Å². The second-order valence-electron chi connectivity index (χ2n) is 2.54. The molecule has 0 atom stereocenters. The topological polar surface area (TPSA) is 61.4 Å². The molecule has 4 heteroatoms. The number of aliphatic carboxylic acids is 1. The summed E-state index contributed by atoms with van der Waals surface area (Å²) in [6.45, 7) is 10.9. The molecule has 0 heterocycles. The quantitative estimate of drug-likeness (QED) is 0.344. The predicted molar refractivity (Wildman–Crippen MR) is 54.4 cm³/mol. The van der Waals surface area contributed by atoms with Gasteiger partial charge in [-0.15, -0.1) is 0 Å². The van der Waals surface area contributed by atoms with Crippen LogP contribution in [-0.4, -0.2) is 24.2 Å². The van der Waals surface area contributed by atoms with Crippen LogP contribution in [0.25, 0.3) is 0 Å². The number of carboxylic acids is 1. The van der Waals surface area contributed by atoms with E-state index < -0.39 is 5.97 Å². The lowest BCUT2D eigenvalue weighted by Gasteiger charge is -1.98. The van der Waals surface area contributed by atoms with Gasteiger partial charge in [0.25, 0.3) is 0 Å². The van der Waals surface area contributed by atoms with Crippen LogP contribution < -0.4 is 10.9 Å². The van der Waals surface area contributed by atoms with Crippen LogP contribution in [0.3, 0.4) is 0 Å². The Kier molecular flexibility index (Phi) is 12.5. The van der Waals surface area contributed by atoms with E-state index in [1.54, 1.807) is 0 Å². The first-order valence-electron chi connectivity index (χ1n) is 4.40. The molecule has 0 radical (unpaired) electrons. The molecule has 0 fully saturated rings. The number of nitrogens with one attached hydrogen (secondary N) is 2. The molecule has 0 aromatic carbocycles. The van der Waals surface area contributed by atoms with Crippen LogP contribution in [0.15, 0.2) is 12.2 Å². The average Bonchev–Trinajstić information content (AvgIpc) is 2.06. The van der Waals surface area contributed by atoms with Gasteiger partial charge in [0.05, 0.1) is 0 Å². The van der Waals surface area contributed by atoms with E-state index >= 15 is 0 Å². The van der Waals surface area contributed by atoms with Gasteiger partial charge in [0.1, 0.15) is 0 Å². The summed E-state index contributed by atoms with van der Waals surface area (Å²) in [5.41, 5.74) is 6.21. The molecule has 13 heavy (non-hydrogen) atoms. The second kappa shape index (κ2) is 11.1. The number of rotatable bonds is 5. The lowest BCUT2D eigenvalue weighted by Crippen LogP contribution is -2.31. The van der Waals surface area contributed by atoms with Gasteiger partial charge < -0.3 is 5.11 Å². The van der Waals surface area contributed by atoms with Gasteiger partial charge in [-0.1, -0.05) is 20.4 Å². The van der Waals surface area contributed by atoms with Gasteiger partial charge in [-0.25, -0.2) is 4.79 Å². The first-order chi connectivity index (χ1) is 6.06. The normalized spacial score (nSPS) is 8.54. The Bertz CT molecular complexity index is 131. The highest BCUT2D eigenvalue weighted by Gasteiger charge is 1.90. The first kappa shape index (κ1) is 14.6. The molecule has 0 saturated carbocycles. The zero-order valence-electron chi connectivity index (χ0n) is 8.68. The highest BCUT2D eigenvalue weighted by atomic mass is 16.4.